The molecular formula is C17H27N3O. The fourth-order valence-electron chi connectivity index (χ4n) is 2.75. The van der Waals surface area contributed by atoms with Gasteiger partial charge in [0.05, 0.1) is 11.9 Å². The molecule has 1 aromatic rings. The number of carbonyl (C=O) groups is 1. The number of nitrogens with one attached hydrogen (secondary N) is 1. The number of anilines is 1. The van der Waals surface area contributed by atoms with Crippen LogP contribution in [0.5, 0.6) is 0 Å². The molecule has 0 aromatic carbocycles. The molecule has 0 saturated carbocycles. The van der Waals surface area contributed by atoms with Crippen LogP contribution in [0, 0.1) is 5.92 Å². The van der Waals surface area contributed by atoms with E-state index in [0.29, 0.717) is 5.92 Å². The molecule has 1 aromatic heterocycles. The van der Waals surface area contributed by atoms with E-state index in [1.54, 1.807) is 0 Å². The number of nitrogens with zero attached hydrogens (tertiary/aromatic N) is 2. The van der Waals surface area contributed by atoms with Gasteiger partial charge in [-0.05, 0) is 43.7 Å². The zero-order valence-corrected chi connectivity index (χ0v) is 13.4. The van der Waals surface area contributed by atoms with Crippen LogP contribution in [-0.2, 0) is 4.79 Å². The normalized spacial score (nSPS) is 19.4. The minimum atomic E-state index is 0.226. The molecule has 1 N–H and O–H groups in total. The summed E-state index contributed by atoms with van der Waals surface area (Å²) in [6.45, 7) is 6.21. The Morgan fingerprint density at radius 1 is 1.48 bits per heavy atom. The van der Waals surface area contributed by atoms with Crippen molar-refractivity contribution in [1.29, 1.82) is 0 Å². The third kappa shape index (κ3) is 4.19. The Morgan fingerprint density at radius 2 is 2.29 bits per heavy atom. The number of carbonyl (C=O) groups excluding carboxylic acids is 1. The van der Waals surface area contributed by atoms with Crippen molar-refractivity contribution in [2.24, 2.45) is 5.92 Å². The monoisotopic (exact) mass is 289 g/mol. The number of rotatable bonds is 7. The second-order valence-electron chi connectivity index (χ2n) is 6.09. The van der Waals surface area contributed by atoms with Crippen molar-refractivity contribution in [2.45, 2.75) is 45.4 Å². The Labute approximate surface area is 127 Å². The second-order valence-corrected chi connectivity index (χ2v) is 6.09. The van der Waals surface area contributed by atoms with E-state index >= 15 is 0 Å². The number of hydrogen-bond donors (Lipinski definition) is 1. The smallest absolute Gasteiger partial charge is 0.223 e. The van der Waals surface area contributed by atoms with Gasteiger partial charge in [0.2, 0.25) is 5.91 Å². The third-order valence-corrected chi connectivity index (χ3v) is 4.54. The van der Waals surface area contributed by atoms with Crippen LogP contribution in [0.3, 0.4) is 0 Å². The lowest BCUT2D eigenvalue weighted by molar-refractivity contribution is -0.122. The summed E-state index contributed by atoms with van der Waals surface area (Å²) in [5.74, 6) is 0.978. The number of pyridine rings is 1. The van der Waals surface area contributed by atoms with Gasteiger partial charge < -0.3 is 10.2 Å². The first-order chi connectivity index (χ1) is 10.1. The minimum absolute atomic E-state index is 0.226. The van der Waals surface area contributed by atoms with Gasteiger partial charge in [0.1, 0.15) is 0 Å². The molecule has 0 bridgehead atoms. The predicted octanol–water partition coefficient (Wildman–Crippen LogP) is 2.95. The van der Waals surface area contributed by atoms with Gasteiger partial charge in [0.25, 0.3) is 0 Å². The lowest BCUT2D eigenvalue weighted by Crippen LogP contribution is -2.22. The van der Waals surface area contributed by atoms with Gasteiger partial charge in [0.15, 0.2) is 0 Å². The summed E-state index contributed by atoms with van der Waals surface area (Å²) >= 11 is 0. The molecule has 0 spiro atoms. The van der Waals surface area contributed by atoms with Crippen LogP contribution >= 0.6 is 0 Å². The number of hydrogen-bond acceptors (Lipinski definition) is 3. The van der Waals surface area contributed by atoms with E-state index in [1.165, 1.54) is 0 Å². The first-order valence-corrected chi connectivity index (χ1v) is 8.06. The highest BCUT2D eigenvalue weighted by Crippen LogP contribution is 2.20. The molecule has 4 heteroatoms. The Hall–Kier alpha value is -1.58. The first kappa shape index (κ1) is 15.8. The van der Waals surface area contributed by atoms with Crippen LogP contribution in [0.25, 0.3) is 0 Å². The van der Waals surface area contributed by atoms with Crippen LogP contribution in [-0.4, -0.2) is 31.0 Å². The van der Waals surface area contributed by atoms with Gasteiger partial charge in [-0.1, -0.05) is 13.8 Å². The molecule has 1 amide bonds. The van der Waals surface area contributed by atoms with Crippen molar-refractivity contribution in [3.63, 3.8) is 0 Å². The van der Waals surface area contributed by atoms with Crippen molar-refractivity contribution in [3.8, 4) is 0 Å². The molecule has 2 heterocycles. The maximum atomic E-state index is 11.5. The molecule has 1 aliphatic heterocycles. The summed E-state index contributed by atoms with van der Waals surface area (Å²) < 4.78 is 0. The predicted molar refractivity (Wildman–Crippen MR) is 86.6 cm³/mol. The summed E-state index contributed by atoms with van der Waals surface area (Å²) in [4.78, 5) is 18.3. The van der Waals surface area contributed by atoms with E-state index in [4.69, 9.17) is 0 Å². The minimum Gasteiger partial charge on any atom is -0.373 e. The summed E-state index contributed by atoms with van der Waals surface area (Å²) in [6.07, 6.45) is 6.10. The molecule has 2 atom stereocenters. The molecule has 4 nitrogen and oxygen atoms in total. The molecule has 2 rings (SSSR count). The van der Waals surface area contributed by atoms with Crippen LogP contribution in [0.4, 0.5) is 5.69 Å². The maximum Gasteiger partial charge on any atom is 0.223 e. The van der Waals surface area contributed by atoms with E-state index in [1.807, 2.05) is 6.20 Å². The quantitative estimate of drug-likeness (QED) is 0.839. The fourth-order valence-corrected chi connectivity index (χ4v) is 2.75. The van der Waals surface area contributed by atoms with Gasteiger partial charge in [0, 0.05) is 31.7 Å². The van der Waals surface area contributed by atoms with E-state index in [2.05, 4.69) is 48.2 Å². The second kappa shape index (κ2) is 7.43. The fraction of sp³-hybridized carbons (Fsp3) is 0.647. The molecule has 1 saturated heterocycles. The van der Waals surface area contributed by atoms with Gasteiger partial charge in [-0.3, -0.25) is 9.78 Å². The van der Waals surface area contributed by atoms with Gasteiger partial charge >= 0.3 is 0 Å². The van der Waals surface area contributed by atoms with Gasteiger partial charge in [-0.15, -0.1) is 0 Å². The standard InChI is InChI=1S/C17H27N3O/c1-4-13(2)16-8-7-15(12-19-16)20(3)11-5-6-14-9-10-18-17(14)21/h7-8,12-14H,4-6,9-11H2,1-3H3,(H,18,21). The Kier molecular flexibility index (Phi) is 5.59. The Balaban J connectivity index is 1.80. The zero-order valence-electron chi connectivity index (χ0n) is 13.4. The molecule has 1 aliphatic rings. The summed E-state index contributed by atoms with van der Waals surface area (Å²) in [5, 5.41) is 2.90. The van der Waals surface area contributed by atoms with Crippen molar-refractivity contribution in [3.05, 3.63) is 24.0 Å². The average Bonchev–Trinajstić information content (AvgIpc) is 2.92. The third-order valence-electron chi connectivity index (χ3n) is 4.54. The molecular weight excluding hydrogens is 262 g/mol. The molecule has 116 valence electrons. The highest BCUT2D eigenvalue weighted by molar-refractivity contribution is 5.80. The summed E-state index contributed by atoms with van der Waals surface area (Å²) in [6, 6.07) is 4.28. The number of aromatic nitrogens is 1. The summed E-state index contributed by atoms with van der Waals surface area (Å²) in [7, 11) is 2.09. The Bertz CT molecular complexity index is 458. The molecule has 0 radical (unpaired) electrons. The van der Waals surface area contributed by atoms with Crippen LogP contribution < -0.4 is 10.2 Å². The van der Waals surface area contributed by atoms with Crippen LogP contribution in [0.2, 0.25) is 0 Å². The summed E-state index contributed by atoms with van der Waals surface area (Å²) in [5.41, 5.74) is 2.32. The van der Waals surface area contributed by atoms with Crippen LogP contribution in [0.1, 0.15) is 51.1 Å². The van der Waals surface area contributed by atoms with Crippen molar-refractivity contribution >= 4 is 11.6 Å². The lowest BCUT2D eigenvalue weighted by atomic mass is 10.0. The molecule has 0 aliphatic carbocycles. The van der Waals surface area contributed by atoms with E-state index in [9.17, 15) is 4.79 Å². The highest BCUT2D eigenvalue weighted by atomic mass is 16.2. The molecule has 21 heavy (non-hydrogen) atoms. The molecule has 1 fully saturated rings. The van der Waals surface area contributed by atoms with Crippen molar-refractivity contribution < 1.29 is 4.79 Å². The number of amides is 1. The largest absolute Gasteiger partial charge is 0.373 e. The topological polar surface area (TPSA) is 45.2 Å². The average molecular weight is 289 g/mol. The van der Waals surface area contributed by atoms with E-state index in [0.717, 1.165) is 50.2 Å². The van der Waals surface area contributed by atoms with Crippen molar-refractivity contribution in [2.75, 3.05) is 25.0 Å². The maximum absolute atomic E-state index is 11.5. The highest BCUT2D eigenvalue weighted by Gasteiger charge is 2.23. The van der Waals surface area contributed by atoms with E-state index < -0.39 is 0 Å². The van der Waals surface area contributed by atoms with Gasteiger partial charge in [-0.25, -0.2) is 0 Å². The van der Waals surface area contributed by atoms with E-state index in [-0.39, 0.29) is 11.8 Å². The van der Waals surface area contributed by atoms with Crippen molar-refractivity contribution in [1.82, 2.24) is 10.3 Å². The van der Waals surface area contributed by atoms with Gasteiger partial charge in [-0.2, -0.15) is 0 Å². The lowest BCUT2D eigenvalue weighted by Gasteiger charge is -2.20. The SMILES string of the molecule is CCC(C)c1ccc(N(C)CCCC2CCNC2=O)cn1. The van der Waals surface area contributed by atoms with Crippen LogP contribution in [0.15, 0.2) is 18.3 Å². The zero-order chi connectivity index (χ0) is 15.2. The Morgan fingerprint density at radius 3 is 2.86 bits per heavy atom. The first-order valence-electron chi connectivity index (χ1n) is 8.06. The molecule has 2 unspecified atom stereocenters.